The van der Waals surface area contributed by atoms with Gasteiger partial charge in [0.25, 0.3) is 0 Å². The normalized spacial score (nSPS) is 11.0. The molecule has 0 amide bonds. The van der Waals surface area contributed by atoms with E-state index in [0.29, 0.717) is 6.54 Å². The van der Waals surface area contributed by atoms with Crippen LogP contribution < -0.4 is 10.6 Å². The number of aliphatic imine (C=N–C) groups is 1. The average Bonchev–Trinajstić information content (AvgIpc) is 2.95. The highest BCUT2D eigenvalue weighted by Crippen LogP contribution is 2.16. The number of rotatable bonds is 5. The van der Waals surface area contributed by atoms with Crippen LogP contribution in [0.3, 0.4) is 0 Å². The highest BCUT2D eigenvalue weighted by molar-refractivity contribution is 14.0. The van der Waals surface area contributed by atoms with Gasteiger partial charge < -0.3 is 10.6 Å². The lowest BCUT2D eigenvalue weighted by Gasteiger charge is -2.11. The summed E-state index contributed by atoms with van der Waals surface area (Å²) in [5, 5.41) is 6.61. The number of thiophene rings is 1. The maximum atomic E-state index is 4.47. The van der Waals surface area contributed by atoms with E-state index in [1.807, 2.05) is 36.5 Å². The number of guanidine groups is 1. The molecule has 0 aliphatic rings. The Morgan fingerprint density at radius 1 is 1.14 bits per heavy atom. The molecular formula is C16H23IN4S. The van der Waals surface area contributed by atoms with E-state index in [2.05, 4.69) is 39.7 Å². The number of nitrogens with zero attached hydrogens (tertiary/aromatic N) is 2. The molecular weight excluding hydrogens is 407 g/mol. The monoisotopic (exact) mass is 430 g/mol. The number of pyridine rings is 1. The second-order valence-corrected chi connectivity index (χ2v) is 6.02. The number of aromatic nitrogens is 1. The van der Waals surface area contributed by atoms with Crippen LogP contribution in [-0.4, -0.2) is 18.0 Å². The Labute approximate surface area is 153 Å². The van der Waals surface area contributed by atoms with Crippen LogP contribution in [-0.2, 0) is 19.5 Å². The fourth-order valence-electron chi connectivity index (χ4n) is 1.97. The van der Waals surface area contributed by atoms with Crippen molar-refractivity contribution in [3.63, 3.8) is 0 Å². The molecule has 4 nitrogen and oxygen atoms in total. The highest BCUT2D eigenvalue weighted by atomic mass is 127. The number of nitrogens with one attached hydrogen (secondary N) is 2. The molecule has 0 saturated heterocycles. The molecule has 0 aliphatic carbocycles. The average molecular weight is 430 g/mol. The summed E-state index contributed by atoms with van der Waals surface area (Å²) in [6, 6.07) is 10.4. The first kappa shape index (κ1) is 18.9. The number of halogens is 1. The van der Waals surface area contributed by atoms with Crippen molar-refractivity contribution in [2.24, 2.45) is 4.99 Å². The van der Waals surface area contributed by atoms with Crippen molar-refractivity contribution in [1.82, 2.24) is 15.6 Å². The summed E-state index contributed by atoms with van der Waals surface area (Å²) in [5.74, 6) is 0.796. The van der Waals surface area contributed by atoms with E-state index < -0.39 is 0 Å². The smallest absolute Gasteiger partial charge is 0.191 e. The second kappa shape index (κ2) is 9.78. The van der Waals surface area contributed by atoms with Crippen LogP contribution >= 0.6 is 35.3 Å². The molecule has 2 heterocycles. The molecule has 0 radical (unpaired) electrons. The summed E-state index contributed by atoms with van der Waals surface area (Å²) >= 11 is 1.84. The summed E-state index contributed by atoms with van der Waals surface area (Å²) in [6.45, 7) is 5.65. The highest BCUT2D eigenvalue weighted by Gasteiger charge is 2.02. The quantitative estimate of drug-likeness (QED) is 0.434. The minimum absolute atomic E-state index is 0. The van der Waals surface area contributed by atoms with Crippen LogP contribution in [0.4, 0.5) is 0 Å². The lowest BCUT2D eigenvalue weighted by molar-refractivity contribution is 0.796. The fourth-order valence-corrected chi connectivity index (χ4v) is 2.87. The van der Waals surface area contributed by atoms with E-state index >= 15 is 0 Å². The van der Waals surface area contributed by atoms with Gasteiger partial charge in [0.15, 0.2) is 5.96 Å². The first-order valence-electron chi connectivity index (χ1n) is 7.16. The van der Waals surface area contributed by atoms with Gasteiger partial charge in [-0.15, -0.1) is 35.3 Å². The fraction of sp³-hybridized carbons (Fsp3) is 0.375. The Kier molecular flexibility index (Phi) is 8.40. The topological polar surface area (TPSA) is 49.3 Å². The largest absolute Gasteiger partial charge is 0.352 e. The number of aryl methyl sites for hydroxylation is 2. The first-order chi connectivity index (χ1) is 10.2. The third kappa shape index (κ3) is 5.92. The number of hydrogen-bond donors (Lipinski definition) is 2. The van der Waals surface area contributed by atoms with Gasteiger partial charge in [0.2, 0.25) is 0 Å². The SMILES string of the molecule is CCc1ccc(CNC(=NC)NCc2cccc(C)n2)s1.I. The van der Waals surface area contributed by atoms with Gasteiger partial charge in [0.05, 0.1) is 18.8 Å². The van der Waals surface area contributed by atoms with Crippen molar-refractivity contribution in [3.8, 4) is 0 Å². The van der Waals surface area contributed by atoms with E-state index in [4.69, 9.17) is 0 Å². The third-order valence-electron chi connectivity index (χ3n) is 3.10. The van der Waals surface area contributed by atoms with Crippen molar-refractivity contribution < 1.29 is 0 Å². The Balaban J connectivity index is 0.00000242. The summed E-state index contributed by atoms with van der Waals surface area (Å²) in [7, 11) is 1.78. The molecule has 2 aromatic rings. The van der Waals surface area contributed by atoms with Crippen LogP contribution in [0.1, 0.15) is 28.1 Å². The van der Waals surface area contributed by atoms with Crippen LogP contribution in [0.15, 0.2) is 35.3 Å². The van der Waals surface area contributed by atoms with Gasteiger partial charge in [-0.25, -0.2) is 0 Å². The van der Waals surface area contributed by atoms with Crippen LogP contribution in [0, 0.1) is 6.92 Å². The Morgan fingerprint density at radius 2 is 1.86 bits per heavy atom. The van der Waals surface area contributed by atoms with Crippen LogP contribution in [0.2, 0.25) is 0 Å². The molecule has 6 heteroatoms. The zero-order valence-corrected chi connectivity index (χ0v) is 16.4. The predicted octanol–water partition coefficient (Wildman–Crippen LogP) is 3.50. The van der Waals surface area contributed by atoms with E-state index in [1.54, 1.807) is 7.05 Å². The van der Waals surface area contributed by atoms with Gasteiger partial charge in [-0.2, -0.15) is 0 Å². The Bertz CT molecular complexity index is 610. The van der Waals surface area contributed by atoms with Crippen molar-refractivity contribution in [2.75, 3.05) is 7.05 Å². The molecule has 2 aromatic heterocycles. The van der Waals surface area contributed by atoms with E-state index in [1.165, 1.54) is 9.75 Å². The van der Waals surface area contributed by atoms with Crippen molar-refractivity contribution >= 4 is 41.3 Å². The van der Waals surface area contributed by atoms with Gasteiger partial charge in [0, 0.05) is 22.5 Å². The molecule has 0 aromatic carbocycles. The molecule has 0 saturated carbocycles. The summed E-state index contributed by atoms with van der Waals surface area (Å²) in [4.78, 5) is 11.4. The molecule has 0 unspecified atom stereocenters. The molecule has 0 spiro atoms. The van der Waals surface area contributed by atoms with Gasteiger partial charge in [0.1, 0.15) is 0 Å². The van der Waals surface area contributed by atoms with Gasteiger partial charge >= 0.3 is 0 Å². The molecule has 0 fully saturated rings. The van der Waals surface area contributed by atoms with Crippen molar-refractivity contribution in [1.29, 1.82) is 0 Å². The van der Waals surface area contributed by atoms with Gasteiger partial charge in [-0.1, -0.05) is 13.0 Å². The minimum Gasteiger partial charge on any atom is -0.352 e. The summed E-state index contributed by atoms with van der Waals surface area (Å²) < 4.78 is 0. The molecule has 0 bridgehead atoms. The van der Waals surface area contributed by atoms with Gasteiger partial charge in [-0.05, 0) is 37.6 Å². The van der Waals surface area contributed by atoms with E-state index in [0.717, 1.165) is 30.3 Å². The molecule has 0 aliphatic heterocycles. The molecule has 2 N–H and O–H groups in total. The van der Waals surface area contributed by atoms with Crippen molar-refractivity contribution in [2.45, 2.75) is 33.4 Å². The minimum atomic E-state index is 0. The zero-order chi connectivity index (χ0) is 15.1. The standard InChI is InChI=1S/C16H22N4S.HI/c1-4-14-8-9-15(21-14)11-19-16(17-3)18-10-13-7-5-6-12(2)20-13;/h5-9H,4,10-11H2,1-3H3,(H2,17,18,19);1H. The maximum absolute atomic E-state index is 4.47. The predicted molar refractivity (Wildman–Crippen MR) is 105 cm³/mol. The summed E-state index contributed by atoms with van der Waals surface area (Å²) in [5.41, 5.74) is 2.05. The Hall–Kier alpha value is -1.15. The third-order valence-corrected chi connectivity index (χ3v) is 4.33. The van der Waals surface area contributed by atoms with E-state index in [-0.39, 0.29) is 24.0 Å². The summed E-state index contributed by atoms with van der Waals surface area (Å²) in [6.07, 6.45) is 1.09. The molecule has 0 atom stereocenters. The lowest BCUT2D eigenvalue weighted by Crippen LogP contribution is -2.36. The van der Waals surface area contributed by atoms with Gasteiger partial charge in [-0.3, -0.25) is 9.98 Å². The Morgan fingerprint density at radius 3 is 2.50 bits per heavy atom. The molecule has 22 heavy (non-hydrogen) atoms. The van der Waals surface area contributed by atoms with E-state index in [9.17, 15) is 0 Å². The molecule has 120 valence electrons. The van der Waals surface area contributed by atoms with Crippen molar-refractivity contribution in [3.05, 3.63) is 51.5 Å². The zero-order valence-electron chi connectivity index (χ0n) is 13.2. The lowest BCUT2D eigenvalue weighted by atomic mass is 10.3. The maximum Gasteiger partial charge on any atom is 0.191 e. The van der Waals surface area contributed by atoms with Crippen LogP contribution in [0.5, 0.6) is 0 Å². The molecule has 2 rings (SSSR count). The first-order valence-corrected chi connectivity index (χ1v) is 7.97. The number of hydrogen-bond acceptors (Lipinski definition) is 3. The second-order valence-electron chi connectivity index (χ2n) is 4.77. The van der Waals surface area contributed by atoms with Crippen LogP contribution in [0.25, 0.3) is 0 Å².